The van der Waals surface area contributed by atoms with Gasteiger partial charge in [0.05, 0.1) is 12.1 Å². The van der Waals surface area contributed by atoms with Crippen molar-refractivity contribution < 1.29 is 17.6 Å². The Hall–Kier alpha value is -3.53. The SMILES string of the molecule is CN1CCC(Nc2cccc3c2cc(-c2nnc(CNc4ccccc4)o2)n3C(F)C(F)F)CC1. The molecule has 1 aliphatic rings. The third kappa shape index (κ3) is 4.97. The highest BCUT2D eigenvalue weighted by Gasteiger charge is 2.29. The topological polar surface area (TPSA) is 71.2 Å². The molecule has 2 aromatic heterocycles. The highest BCUT2D eigenvalue weighted by molar-refractivity contribution is 5.96. The van der Waals surface area contributed by atoms with Crippen LogP contribution in [0.25, 0.3) is 22.5 Å². The molecule has 184 valence electrons. The second kappa shape index (κ2) is 9.99. The number of hydrogen-bond acceptors (Lipinski definition) is 6. The molecule has 7 nitrogen and oxygen atoms in total. The normalized spacial score (nSPS) is 16.1. The van der Waals surface area contributed by atoms with E-state index in [9.17, 15) is 13.2 Å². The molecule has 0 amide bonds. The summed E-state index contributed by atoms with van der Waals surface area (Å²) in [5.74, 6) is 0.248. The molecule has 0 bridgehead atoms. The summed E-state index contributed by atoms with van der Waals surface area (Å²) in [4.78, 5) is 2.27. The lowest BCUT2D eigenvalue weighted by Crippen LogP contribution is -2.36. The van der Waals surface area contributed by atoms with Crippen LogP contribution in [-0.4, -0.2) is 52.3 Å². The van der Waals surface area contributed by atoms with Gasteiger partial charge in [0.1, 0.15) is 5.69 Å². The number of alkyl halides is 3. The van der Waals surface area contributed by atoms with Gasteiger partial charge in [-0.25, -0.2) is 13.2 Å². The number of aromatic nitrogens is 3. The van der Waals surface area contributed by atoms with Crippen molar-refractivity contribution in [2.45, 2.75) is 38.1 Å². The van der Waals surface area contributed by atoms with E-state index in [0.717, 1.165) is 41.9 Å². The molecule has 5 rings (SSSR count). The summed E-state index contributed by atoms with van der Waals surface area (Å²) in [6.45, 7) is 2.19. The molecule has 35 heavy (non-hydrogen) atoms. The van der Waals surface area contributed by atoms with E-state index >= 15 is 0 Å². The fourth-order valence-corrected chi connectivity index (χ4v) is 4.45. The van der Waals surface area contributed by atoms with Gasteiger partial charge in [-0.1, -0.05) is 24.3 Å². The zero-order valence-corrected chi connectivity index (χ0v) is 19.3. The quantitative estimate of drug-likeness (QED) is 0.342. The van der Waals surface area contributed by atoms with Crippen LogP contribution in [0.15, 0.2) is 59.0 Å². The number of likely N-dealkylation sites (tertiary alicyclic amines) is 1. The number of nitrogens with one attached hydrogen (secondary N) is 2. The molecular formula is C25H27F3N6O. The van der Waals surface area contributed by atoms with Gasteiger partial charge in [0.15, 0.2) is 0 Å². The Labute approximate surface area is 200 Å². The molecule has 4 aromatic rings. The second-order valence-corrected chi connectivity index (χ2v) is 8.79. The third-order valence-electron chi connectivity index (χ3n) is 6.32. The van der Waals surface area contributed by atoms with Crippen LogP contribution in [0.2, 0.25) is 0 Å². The minimum Gasteiger partial charge on any atom is -0.417 e. The van der Waals surface area contributed by atoms with Crippen molar-refractivity contribution in [1.82, 2.24) is 19.7 Å². The maximum absolute atomic E-state index is 14.9. The number of para-hydroxylation sites is 1. The van der Waals surface area contributed by atoms with E-state index in [1.807, 2.05) is 36.4 Å². The Balaban J connectivity index is 1.47. The number of fused-ring (bicyclic) bond motifs is 1. The van der Waals surface area contributed by atoms with Gasteiger partial charge in [-0.15, -0.1) is 10.2 Å². The van der Waals surface area contributed by atoms with E-state index in [1.54, 1.807) is 18.2 Å². The molecule has 0 spiro atoms. The first-order valence-corrected chi connectivity index (χ1v) is 11.6. The molecular weight excluding hydrogens is 457 g/mol. The fourth-order valence-electron chi connectivity index (χ4n) is 4.45. The molecule has 2 aromatic carbocycles. The first-order valence-electron chi connectivity index (χ1n) is 11.6. The van der Waals surface area contributed by atoms with Gasteiger partial charge < -0.3 is 24.5 Å². The summed E-state index contributed by atoms with van der Waals surface area (Å²) in [5, 5.41) is 15.4. The maximum Gasteiger partial charge on any atom is 0.288 e. The Morgan fingerprint density at radius 3 is 2.54 bits per heavy atom. The Morgan fingerprint density at radius 1 is 1.03 bits per heavy atom. The molecule has 10 heteroatoms. The molecule has 1 atom stereocenters. The zero-order valence-electron chi connectivity index (χ0n) is 19.3. The van der Waals surface area contributed by atoms with E-state index in [2.05, 4.69) is 32.8 Å². The van der Waals surface area contributed by atoms with E-state index in [4.69, 9.17) is 4.42 Å². The summed E-state index contributed by atoms with van der Waals surface area (Å²) in [7, 11) is 2.09. The van der Waals surface area contributed by atoms with Crippen molar-refractivity contribution >= 4 is 22.3 Å². The van der Waals surface area contributed by atoms with Gasteiger partial charge in [-0.05, 0) is 63.3 Å². The standard InChI is InChI=1S/C25H27F3N6O/c1-33-12-10-17(11-13-33)30-19-8-5-9-20-18(19)14-21(34(20)24(28)23(26)27)25-32-31-22(35-25)15-29-16-6-3-2-4-7-16/h2-9,14,17,23-24,29-30H,10-13,15H2,1H3. The van der Waals surface area contributed by atoms with Crippen molar-refractivity contribution in [2.24, 2.45) is 0 Å². The van der Waals surface area contributed by atoms with Crippen molar-refractivity contribution in [3.63, 3.8) is 0 Å². The average molecular weight is 485 g/mol. The Kier molecular flexibility index (Phi) is 6.63. The summed E-state index contributed by atoms with van der Waals surface area (Å²) in [6, 6.07) is 16.6. The number of rotatable bonds is 8. The molecule has 1 unspecified atom stereocenters. The lowest BCUT2D eigenvalue weighted by molar-refractivity contribution is 0.0113. The number of halogens is 3. The van der Waals surface area contributed by atoms with Crippen molar-refractivity contribution in [1.29, 1.82) is 0 Å². The van der Waals surface area contributed by atoms with Gasteiger partial charge in [0, 0.05) is 22.8 Å². The van der Waals surface area contributed by atoms with Gasteiger partial charge >= 0.3 is 0 Å². The lowest BCUT2D eigenvalue weighted by Gasteiger charge is -2.30. The van der Waals surface area contributed by atoms with Crippen molar-refractivity contribution in [3.05, 3.63) is 60.5 Å². The molecule has 0 aliphatic carbocycles. The average Bonchev–Trinajstić information content (AvgIpc) is 3.49. The third-order valence-corrected chi connectivity index (χ3v) is 6.32. The van der Waals surface area contributed by atoms with Crippen LogP contribution in [0, 0.1) is 0 Å². The molecule has 2 N–H and O–H groups in total. The summed E-state index contributed by atoms with van der Waals surface area (Å²) in [6.07, 6.45) is -3.84. The highest BCUT2D eigenvalue weighted by atomic mass is 19.3. The first-order chi connectivity index (χ1) is 17.0. The molecule has 3 heterocycles. The summed E-state index contributed by atoms with van der Waals surface area (Å²) < 4.78 is 48.7. The summed E-state index contributed by atoms with van der Waals surface area (Å²) in [5.41, 5.74) is 2.09. The number of benzene rings is 2. The van der Waals surface area contributed by atoms with Crippen LogP contribution in [0.1, 0.15) is 25.0 Å². The van der Waals surface area contributed by atoms with Gasteiger partial charge in [0.25, 0.3) is 12.3 Å². The number of anilines is 2. The van der Waals surface area contributed by atoms with Crippen molar-refractivity contribution in [3.8, 4) is 11.6 Å². The smallest absolute Gasteiger partial charge is 0.288 e. The number of nitrogens with zero attached hydrogens (tertiary/aromatic N) is 4. The molecule has 1 aliphatic heterocycles. The minimum atomic E-state index is -3.21. The predicted octanol–water partition coefficient (Wildman–Crippen LogP) is 5.54. The largest absolute Gasteiger partial charge is 0.417 e. The van der Waals surface area contributed by atoms with Crippen molar-refractivity contribution in [2.75, 3.05) is 30.8 Å². The fraction of sp³-hybridized carbons (Fsp3) is 0.360. The van der Waals surface area contributed by atoms with Crippen LogP contribution < -0.4 is 10.6 Å². The van der Waals surface area contributed by atoms with Gasteiger partial charge in [0.2, 0.25) is 12.2 Å². The van der Waals surface area contributed by atoms with E-state index in [-0.39, 0.29) is 30.1 Å². The van der Waals surface area contributed by atoms with Gasteiger partial charge in [-0.3, -0.25) is 0 Å². The maximum atomic E-state index is 14.9. The Morgan fingerprint density at radius 2 is 1.80 bits per heavy atom. The minimum absolute atomic E-state index is 0.0143. The predicted molar refractivity (Wildman–Crippen MR) is 129 cm³/mol. The van der Waals surface area contributed by atoms with Gasteiger partial charge in [-0.2, -0.15) is 0 Å². The van der Waals surface area contributed by atoms with E-state index < -0.39 is 12.7 Å². The van der Waals surface area contributed by atoms with Crippen LogP contribution >= 0.6 is 0 Å². The zero-order chi connectivity index (χ0) is 24.4. The Bertz CT molecular complexity index is 1270. The van der Waals surface area contributed by atoms with Crippen LogP contribution in [0.4, 0.5) is 24.5 Å². The molecule has 0 radical (unpaired) electrons. The summed E-state index contributed by atoms with van der Waals surface area (Å²) >= 11 is 0. The molecule has 1 fully saturated rings. The lowest BCUT2D eigenvalue weighted by atomic mass is 10.0. The molecule has 1 saturated heterocycles. The highest BCUT2D eigenvalue weighted by Crippen LogP contribution is 2.37. The van der Waals surface area contributed by atoms with Crippen LogP contribution in [-0.2, 0) is 6.54 Å². The molecule has 0 saturated carbocycles. The van der Waals surface area contributed by atoms with E-state index in [1.165, 1.54) is 0 Å². The van der Waals surface area contributed by atoms with Crippen LogP contribution in [0.5, 0.6) is 0 Å². The first kappa shape index (κ1) is 23.2. The number of hydrogen-bond donors (Lipinski definition) is 2. The second-order valence-electron chi connectivity index (χ2n) is 8.79. The van der Waals surface area contributed by atoms with E-state index in [0.29, 0.717) is 10.9 Å². The van der Waals surface area contributed by atoms with Crippen LogP contribution in [0.3, 0.4) is 0 Å². The monoisotopic (exact) mass is 484 g/mol. The number of piperidine rings is 1.